The van der Waals surface area contributed by atoms with Crippen LogP contribution >= 0.6 is 0 Å². The van der Waals surface area contributed by atoms with Gasteiger partial charge in [-0.15, -0.1) is 0 Å². The predicted molar refractivity (Wildman–Crippen MR) is 72.2 cm³/mol. The van der Waals surface area contributed by atoms with E-state index in [-0.39, 0.29) is 0 Å². The van der Waals surface area contributed by atoms with E-state index in [0.29, 0.717) is 17.9 Å². The Bertz CT molecular complexity index is 308. The lowest BCUT2D eigenvalue weighted by atomic mass is 9.98. The summed E-state index contributed by atoms with van der Waals surface area (Å²) < 4.78 is 0. The summed E-state index contributed by atoms with van der Waals surface area (Å²) >= 11 is 0. The molecule has 2 saturated carbocycles. The summed E-state index contributed by atoms with van der Waals surface area (Å²) in [6.45, 7) is 5.23. The molecule has 1 aliphatic heterocycles. The topological polar surface area (TPSA) is 32.3 Å². The molecular formula is C15H26N2O. The molecule has 1 N–H and O–H groups in total. The Morgan fingerprint density at radius 2 is 2.06 bits per heavy atom. The second kappa shape index (κ2) is 5.20. The van der Waals surface area contributed by atoms with Crippen molar-refractivity contribution in [3.05, 3.63) is 0 Å². The smallest absolute Gasteiger partial charge is 0.225 e. The van der Waals surface area contributed by atoms with E-state index in [1.54, 1.807) is 0 Å². The van der Waals surface area contributed by atoms with Gasteiger partial charge in [0.1, 0.15) is 0 Å². The highest BCUT2D eigenvalue weighted by atomic mass is 16.2. The zero-order valence-corrected chi connectivity index (χ0v) is 11.5. The lowest BCUT2D eigenvalue weighted by molar-refractivity contribution is -0.137. The summed E-state index contributed by atoms with van der Waals surface area (Å²) in [7, 11) is 0. The minimum Gasteiger partial charge on any atom is -0.341 e. The number of carbonyl (C=O) groups is 1. The fourth-order valence-corrected chi connectivity index (χ4v) is 3.87. The Hall–Kier alpha value is -0.570. The molecule has 3 atom stereocenters. The Kier molecular flexibility index (Phi) is 3.60. The van der Waals surface area contributed by atoms with E-state index in [1.807, 2.05) is 0 Å². The molecule has 0 radical (unpaired) electrons. The molecule has 0 aromatic heterocycles. The quantitative estimate of drug-likeness (QED) is 0.828. The first-order valence-electron chi connectivity index (χ1n) is 7.80. The lowest BCUT2D eigenvalue weighted by Crippen LogP contribution is -2.49. The second-order valence-electron chi connectivity index (χ2n) is 6.50. The number of rotatable bonds is 4. The SMILES string of the molecule is CCCNC1CCCN(C(=O)C2CC3CC3C2)C1. The predicted octanol–water partition coefficient (Wildman–Crippen LogP) is 2.02. The molecule has 2 aliphatic carbocycles. The highest BCUT2D eigenvalue weighted by molar-refractivity contribution is 5.79. The number of likely N-dealkylation sites (tertiary alicyclic amines) is 1. The van der Waals surface area contributed by atoms with Crippen molar-refractivity contribution in [1.82, 2.24) is 10.2 Å². The Morgan fingerprint density at radius 1 is 1.28 bits per heavy atom. The molecule has 0 spiro atoms. The molecule has 3 aliphatic rings. The molecule has 3 nitrogen and oxygen atoms in total. The molecular weight excluding hydrogens is 224 g/mol. The summed E-state index contributed by atoms with van der Waals surface area (Å²) in [6.07, 6.45) is 7.37. The van der Waals surface area contributed by atoms with Crippen LogP contribution in [-0.2, 0) is 4.79 Å². The van der Waals surface area contributed by atoms with Crippen molar-refractivity contribution < 1.29 is 4.79 Å². The van der Waals surface area contributed by atoms with E-state index in [4.69, 9.17) is 0 Å². The molecule has 3 fully saturated rings. The van der Waals surface area contributed by atoms with Gasteiger partial charge in [0, 0.05) is 25.0 Å². The van der Waals surface area contributed by atoms with Gasteiger partial charge in [0.15, 0.2) is 0 Å². The minimum atomic E-state index is 0.374. The third-order valence-corrected chi connectivity index (χ3v) is 5.01. The Morgan fingerprint density at radius 3 is 2.78 bits per heavy atom. The number of hydrogen-bond donors (Lipinski definition) is 1. The first kappa shape index (κ1) is 12.5. The molecule has 3 rings (SSSR count). The number of fused-ring (bicyclic) bond motifs is 1. The monoisotopic (exact) mass is 250 g/mol. The fourth-order valence-electron chi connectivity index (χ4n) is 3.87. The van der Waals surface area contributed by atoms with E-state index >= 15 is 0 Å². The van der Waals surface area contributed by atoms with Gasteiger partial charge in [-0.3, -0.25) is 4.79 Å². The zero-order chi connectivity index (χ0) is 12.5. The Balaban J connectivity index is 1.50. The van der Waals surface area contributed by atoms with Crippen molar-refractivity contribution in [3.63, 3.8) is 0 Å². The van der Waals surface area contributed by atoms with Gasteiger partial charge >= 0.3 is 0 Å². The highest BCUT2D eigenvalue weighted by Gasteiger charge is 2.48. The van der Waals surface area contributed by atoms with E-state index in [0.717, 1.165) is 31.5 Å². The third kappa shape index (κ3) is 2.56. The zero-order valence-electron chi connectivity index (χ0n) is 11.5. The highest BCUT2D eigenvalue weighted by Crippen LogP contribution is 2.54. The van der Waals surface area contributed by atoms with Crippen molar-refractivity contribution in [2.45, 2.75) is 51.5 Å². The van der Waals surface area contributed by atoms with Gasteiger partial charge in [-0.05, 0) is 56.9 Å². The molecule has 3 heteroatoms. The van der Waals surface area contributed by atoms with E-state index in [1.165, 1.54) is 38.5 Å². The number of hydrogen-bond acceptors (Lipinski definition) is 2. The van der Waals surface area contributed by atoms with Gasteiger partial charge in [-0.1, -0.05) is 6.92 Å². The summed E-state index contributed by atoms with van der Waals surface area (Å²) in [6, 6.07) is 0.540. The van der Waals surface area contributed by atoms with E-state index in [2.05, 4.69) is 17.1 Å². The normalized spacial score (nSPS) is 38.6. The molecule has 3 unspecified atom stereocenters. The van der Waals surface area contributed by atoms with Gasteiger partial charge in [0.2, 0.25) is 5.91 Å². The summed E-state index contributed by atoms with van der Waals surface area (Å²) in [5.41, 5.74) is 0. The summed E-state index contributed by atoms with van der Waals surface area (Å²) in [4.78, 5) is 14.6. The molecule has 102 valence electrons. The first-order chi connectivity index (χ1) is 8.78. The molecule has 0 aromatic carbocycles. The van der Waals surface area contributed by atoms with Crippen molar-refractivity contribution in [2.75, 3.05) is 19.6 Å². The maximum atomic E-state index is 12.5. The van der Waals surface area contributed by atoms with Crippen LogP contribution in [0, 0.1) is 17.8 Å². The number of nitrogens with zero attached hydrogens (tertiary/aromatic N) is 1. The molecule has 18 heavy (non-hydrogen) atoms. The number of carbonyl (C=O) groups excluding carboxylic acids is 1. The van der Waals surface area contributed by atoms with Crippen LogP contribution < -0.4 is 5.32 Å². The van der Waals surface area contributed by atoms with Crippen LogP contribution in [0.25, 0.3) is 0 Å². The molecule has 1 saturated heterocycles. The number of amides is 1. The van der Waals surface area contributed by atoms with Crippen molar-refractivity contribution in [3.8, 4) is 0 Å². The average molecular weight is 250 g/mol. The van der Waals surface area contributed by atoms with Crippen LogP contribution in [0.15, 0.2) is 0 Å². The van der Waals surface area contributed by atoms with E-state index in [9.17, 15) is 4.79 Å². The first-order valence-corrected chi connectivity index (χ1v) is 7.80. The fraction of sp³-hybridized carbons (Fsp3) is 0.933. The molecule has 0 bridgehead atoms. The van der Waals surface area contributed by atoms with Crippen LogP contribution in [-0.4, -0.2) is 36.5 Å². The average Bonchev–Trinajstić information content (AvgIpc) is 3.02. The van der Waals surface area contributed by atoms with Crippen molar-refractivity contribution >= 4 is 5.91 Å². The minimum absolute atomic E-state index is 0.374. The van der Waals surface area contributed by atoms with Gasteiger partial charge in [0.25, 0.3) is 0 Å². The summed E-state index contributed by atoms with van der Waals surface area (Å²) in [5.74, 6) is 2.67. The largest absolute Gasteiger partial charge is 0.341 e. The van der Waals surface area contributed by atoms with Crippen molar-refractivity contribution in [2.24, 2.45) is 17.8 Å². The summed E-state index contributed by atoms with van der Waals surface area (Å²) in [5, 5.41) is 3.57. The third-order valence-electron chi connectivity index (χ3n) is 5.01. The van der Waals surface area contributed by atoms with Crippen LogP contribution in [0.1, 0.15) is 45.4 Å². The van der Waals surface area contributed by atoms with Gasteiger partial charge < -0.3 is 10.2 Å². The van der Waals surface area contributed by atoms with Crippen LogP contribution in [0.3, 0.4) is 0 Å². The van der Waals surface area contributed by atoms with Crippen LogP contribution in [0.2, 0.25) is 0 Å². The van der Waals surface area contributed by atoms with Crippen LogP contribution in [0.4, 0.5) is 0 Å². The molecule has 0 aromatic rings. The second-order valence-corrected chi connectivity index (χ2v) is 6.50. The maximum Gasteiger partial charge on any atom is 0.225 e. The molecule has 1 heterocycles. The van der Waals surface area contributed by atoms with Gasteiger partial charge in [-0.25, -0.2) is 0 Å². The van der Waals surface area contributed by atoms with Gasteiger partial charge in [-0.2, -0.15) is 0 Å². The maximum absolute atomic E-state index is 12.5. The van der Waals surface area contributed by atoms with Crippen molar-refractivity contribution in [1.29, 1.82) is 0 Å². The van der Waals surface area contributed by atoms with Gasteiger partial charge in [0.05, 0.1) is 0 Å². The Labute approximate surface area is 110 Å². The number of piperidine rings is 1. The standard InChI is InChI=1S/C15H26N2O/c1-2-5-16-14-4-3-6-17(10-14)15(18)13-8-11-7-12(11)9-13/h11-14,16H,2-10H2,1H3. The lowest BCUT2D eigenvalue weighted by Gasteiger charge is -2.35. The molecule has 1 amide bonds. The van der Waals surface area contributed by atoms with Crippen LogP contribution in [0.5, 0.6) is 0 Å². The number of nitrogens with one attached hydrogen (secondary N) is 1. The van der Waals surface area contributed by atoms with E-state index < -0.39 is 0 Å².